The minimum Gasteiger partial charge on any atom is -0.356 e. The van der Waals surface area contributed by atoms with E-state index < -0.39 is 0 Å². The van der Waals surface area contributed by atoms with Crippen molar-refractivity contribution >= 4 is 17.7 Å². The van der Waals surface area contributed by atoms with Gasteiger partial charge in [0.2, 0.25) is 17.6 Å². The summed E-state index contributed by atoms with van der Waals surface area (Å²) in [5.74, 6) is 3.65. The maximum absolute atomic E-state index is 12.5. The molecule has 1 aromatic heterocycles. The highest BCUT2D eigenvalue weighted by atomic mass is 32.2. The lowest BCUT2D eigenvalue weighted by molar-refractivity contribution is -0.126. The summed E-state index contributed by atoms with van der Waals surface area (Å²) in [4.78, 5) is 19.4. The molecule has 0 unspecified atom stereocenters. The Labute approximate surface area is 200 Å². The first-order valence-electron chi connectivity index (χ1n) is 11.7. The summed E-state index contributed by atoms with van der Waals surface area (Å²) in [6.07, 6.45) is 2.74. The Hall–Kier alpha value is -2.64. The highest BCUT2D eigenvalue weighted by Gasteiger charge is 2.25. The predicted octanol–water partition coefficient (Wildman–Crippen LogP) is 4.70. The molecule has 4 rings (SSSR count). The fourth-order valence-corrected chi connectivity index (χ4v) is 5.01. The van der Waals surface area contributed by atoms with Gasteiger partial charge >= 0.3 is 0 Å². The van der Waals surface area contributed by atoms with Crippen molar-refractivity contribution in [1.82, 2.24) is 20.4 Å². The molecule has 33 heavy (non-hydrogen) atoms. The number of rotatable bonds is 10. The molecule has 1 N–H and O–H groups in total. The molecule has 174 valence electrons. The van der Waals surface area contributed by atoms with E-state index in [1.54, 1.807) is 0 Å². The molecular weight excluding hydrogens is 432 g/mol. The van der Waals surface area contributed by atoms with E-state index in [4.69, 9.17) is 4.52 Å². The fourth-order valence-electron chi connectivity index (χ4n) is 4.09. The predicted molar refractivity (Wildman–Crippen MR) is 133 cm³/mol. The van der Waals surface area contributed by atoms with E-state index in [9.17, 15) is 4.79 Å². The Morgan fingerprint density at radius 2 is 1.88 bits per heavy atom. The van der Waals surface area contributed by atoms with Gasteiger partial charge in [-0.3, -0.25) is 9.69 Å². The number of aromatic nitrogens is 2. The van der Waals surface area contributed by atoms with Crippen molar-refractivity contribution in [3.63, 3.8) is 0 Å². The zero-order chi connectivity index (χ0) is 22.9. The minimum absolute atomic E-state index is 0.100. The highest BCUT2D eigenvalue weighted by molar-refractivity contribution is 7.98. The Kier molecular flexibility index (Phi) is 8.55. The molecular formula is C26H32N4O2S. The molecule has 1 aliphatic rings. The van der Waals surface area contributed by atoms with Crippen LogP contribution in [0.25, 0.3) is 11.4 Å². The maximum Gasteiger partial charge on any atom is 0.241 e. The topological polar surface area (TPSA) is 71.3 Å². The largest absolute Gasteiger partial charge is 0.356 e. The number of carbonyl (C=O) groups excluding carboxylic acids is 1. The Balaban J connectivity index is 1.12. The van der Waals surface area contributed by atoms with Gasteiger partial charge in [0, 0.05) is 23.8 Å². The number of aryl methyl sites for hydroxylation is 1. The van der Waals surface area contributed by atoms with E-state index in [0.29, 0.717) is 18.3 Å². The van der Waals surface area contributed by atoms with Crippen LogP contribution in [0.2, 0.25) is 0 Å². The number of thioether (sulfide) groups is 1. The number of hydrogen-bond donors (Lipinski definition) is 1. The number of carbonyl (C=O) groups is 1. The second kappa shape index (κ2) is 12.0. The lowest BCUT2D eigenvalue weighted by Gasteiger charge is -2.30. The van der Waals surface area contributed by atoms with Crippen LogP contribution in [-0.4, -0.2) is 46.3 Å². The first kappa shape index (κ1) is 23.5. The summed E-state index contributed by atoms with van der Waals surface area (Å²) < 4.78 is 5.48. The molecule has 2 aromatic carbocycles. The Morgan fingerprint density at radius 3 is 2.67 bits per heavy atom. The van der Waals surface area contributed by atoms with Gasteiger partial charge in [0.1, 0.15) is 0 Å². The van der Waals surface area contributed by atoms with Crippen LogP contribution in [0.5, 0.6) is 0 Å². The summed E-state index contributed by atoms with van der Waals surface area (Å²) in [5, 5.41) is 7.28. The number of amides is 1. The molecule has 3 aromatic rings. The standard InChI is InChI=1S/C26H32N4O2S/c1-20-8-5-6-11-23(20)25-28-24(32-29-25)18-30-15-12-22(13-16-30)26(31)27-14-7-17-33-19-21-9-3-2-4-10-21/h2-6,8-11,22H,7,12-19H2,1H3,(H,27,31). The fraction of sp³-hybridized carbons (Fsp3) is 0.423. The Bertz CT molecular complexity index is 1020. The van der Waals surface area contributed by atoms with Gasteiger partial charge in [-0.2, -0.15) is 16.7 Å². The van der Waals surface area contributed by atoms with Crippen LogP contribution in [0, 0.1) is 12.8 Å². The van der Waals surface area contributed by atoms with E-state index in [1.165, 1.54) is 5.56 Å². The molecule has 0 radical (unpaired) electrons. The second-order valence-corrected chi connectivity index (χ2v) is 9.67. The van der Waals surface area contributed by atoms with Gasteiger partial charge in [0.25, 0.3) is 0 Å². The summed E-state index contributed by atoms with van der Waals surface area (Å²) in [7, 11) is 0. The van der Waals surface area contributed by atoms with Crippen molar-refractivity contribution in [2.24, 2.45) is 5.92 Å². The van der Waals surface area contributed by atoms with Gasteiger partial charge in [0.15, 0.2) is 0 Å². The number of benzene rings is 2. The van der Waals surface area contributed by atoms with Crippen molar-refractivity contribution in [3.8, 4) is 11.4 Å². The number of nitrogens with zero attached hydrogens (tertiary/aromatic N) is 3. The third-order valence-electron chi connectivity index (χ3n) is 6.05. The van der Waals surface area contributed by atoms with Gasteiger partial charge in [-0.25, -0.2) is 0 Å². The summed E-state index contributed by atoms with van der Waals surface area (Å²) in [6.45, 7) is 5.17. The van der Waals surface area contributed by atoms with Gasteiger partial charge in [-0.1, -0.05) is 59.8 Å². The minimum atomic E-state index is 0.100. The molecule has 6 nitrogen and oxygen atoms in total. The first-order chi connectivity index (χ1) is 16.2. The van der Waals surface area contributed by atoms with E-state index in [2.05, 4.69) is 44.6 Å². The number of hydrogen-bond acceptors (Lipinski definition) is 6. The van der Waals surface area contributed by atoms with E-state index >= 15 is 0 Å². The average Bonchev–Trinajstić information content (AvgIpc) is 3.30. The van der Waals surface area contributed by atoms with E-state index in [1.807, 2.05) is 49.0 Å². The van der Waals surface area contributed by atoms with Crippen LogP contribution in [0.4, 0.5) is 0 Å². The van der Waals surface area contributed by atoms with Crippen molar-refractivity contribution in [1.29, 1.82) is 0 Å². The molecule has 7 heteroatoms. The molecule has 1 fully saturated rings. The molecule has 0 atom stereocenters. The van der Waals surface area contributed by atoms with Crippen LogP contribution >= 0.6 is 11.8 Å². The van der Waals surface area contributed by atoms with Gasteiger partial charge in [0.05, 0.1) is 6.54 Å². The number of piperidine rings is 1. The summed E-state index contributed by atoms with van der Waals surface area (Å²) in [6, 6.07) is 18.6. The molecule has 0 aliphatic carbocycles. The zero-order valence-electron chi connectivity index (χ0n) is 19.2. The molecule has 1 saturated heterocycles. The molecule has 0 saturated carbocycles. The van der Waals surface area contributed by atoms with Crippen molar-refractivity contribution in [3.05, 3.63) is 71.6 Å². The molecule has 0 spiro atoms. The Morgan fingerprint density at radius 1 is 1.12 bits per heavy atom. The van der Waals surface area contributed by atoms with Crippen LogP contribution in [0.1, 0.15) is 36.3 Å². The third kappa shape index (κ3) is 6.92. The zero-order valence-corrected chi connectivity index (χ0v) is 20.0. The van der Waals surface area contributed by atoms with E-state index in [0.717, 1.165) is 61.5 Å². The van der Waals surface area contributed by atoms with Gasteiger partial charge in [-0.15, -0.1) is 0 Å². The third-order valence-corrected chi connectivity index (χ3v) is 7.16. The SMILES string of the molecule is Cc1ccccc1-c1noc(CN2CCC(C(=O)NCCCSCc3ccccc3)CC2)n1. The number of likely N-dealkylation sites (tertiary alicyclic amines) is 1. The smallest absolute Gasteiger partial charge is 0.241 e. The summed E-state index contributed by atoms with van der Waals surface area (Å²) >= 11 is 1.92. The van der Waals surface area contributed by atoms with E-state index in [-0.39, 0.29) is 11.8 Å². The van der Waals surface area contributed by atoms with Gasteiger partial charge in [-0.05, 0) is 56.2 Å². The average molecular weight is 465 g/mol. The normalized spacial score (nSPS) is 14.9. The van der Waals surface area contributed by atoms with Crippen LogP contribution in [0.15, 0.2) is 59.1 Å². The molecule has 0 bridgehead atoms. The number of nitrogens with one attached hydrogen (secondary N) is 1. The lowest BCUT2D eigenvalue weighted by atomic mass is 9.96. The molecule has 1 amide bonds. The van der Waals surface area contributed by atoms with Gasteiger partial charge < -0.3 is 9.84 Å². The van der Waals surface area contributed by atoms with Crippen LogP contribution in [-0.2, 0) is 17.1 Å². The van der Waals surface area contributed by atoms with Crippen LogP contribution in [0.3, 0.4) is 0 Å². The van der Waals surface area contributed by atoms with Crippen molar-refractivity contribution in [2.45, 2.75) is 38.5 Å². The van der Waals surface area contributed by atoms with Crippen molar-refractivity contribution in [2.75, 3.05) is 25.4 Å². The molecule has 2 heterocycles. The highest BCUT2D eigenvalue weighted by Crippen LogP contribution is 2.22. The lowest BCUT2D eigenvalue weighted by Crippen LogP contribution is -2.40. The quantitative estimate of drug-likeness (QED) is 0.439. The summed E-state index contributed by atoms with van der Waals surface area (Å²) in [5.41, 5.74) is 3.48. The monoisotopic (exact) mass is 464 g/mol. The van der Waals surface area contributed by atoms with Crippen LogP contribution < -0.4 is 5.32 Å². The second-order valence-electron chi connectivity index (χ2n) is 8.56. The van der Waals surface area contributed by atoms with Crippen molar-refractivity contribution < 1.29 is 9.32 Å². The molecule has 1 aliphatic heterocycles. The first-order valence-corrected chi connectivity index (χ1v) is 12.8. The maximum atomic E-state index is 12.5.